The SMILES string of the molecule is CCC(C(=O)OC)n1c(=NC(=O)c2ccc(C)cc2)sc2cc(Br)ccc21. The second-order valence-corrected chi connectivity index (χ2v) is 8.02. The highest BCUT2D eigenvalue weighted by Gasteiger charge is 2.23. The van der Waals surface area contributed by atoms with Crippen LogP contribution in [0.2, 0.25) is 0 Å². The molecule has 1 heterocycles. The minimum atomic E-state index is -0.547. The van der Waals surface area contributed by atoms with Gasteiger partial charge in [-0.2, -0.15) is 4.99 Å². The summed E-state index contributed by atoms with van der Waals surface area (Å²) in [6, 6.07) is 12.5. The number of aryl methyl sites for hydroxylation is 1. The molecule has 1 aromatic heterocycles. The standard InChI is InChI=1S/C20H19BrN2O3S/c1-4-15(19(25)26-3)23-16-10-9-14(21)11-17(16)27-20(23)22-18(24)13-7-5-12(2)6-8-13/h5-11,15H,4H2,1-3H3. The lowest BCUT2D eigenvalue weighted by atomic mass is 10.1. The number of methoxy groups -OCH3 is 1. The van der Waals surface area contributed by atoms with E-state index in [4.69, 9.17) is 4.74 Å². The monoisotopic (exact) mass is 446 g/mol. The number of carbonyl (C=O) groups excluding carboxylic acids is 2. The van der Waals surface area contributed by atoms with Crippen molar-refractivity contribution >= 4 is 49.4 Å². The van der Waals surface area contributed by atoms with E-state index in [1.165, 1.54) is 18.4 Å². The van der Waals surface area contributed by atoms with Gasteiger partial charge in [-0.15, -0.1) is 0 Å². The van der Waals surface area contributed by atoms with Crippen molar-refractivity contribution in [3.8, 4) is 0 Å². The number of hydrogen-bond donors (Lipinski definition) is 0. The van der Waals surface area contributed by atoms with Crippen LogP contribution in [0.5, 0.6) is 0 Å². The van der Waals surface area contributed by atoms with Gasteiger partial charge in [0, 0.05) is 10.0 Å². The first-order chi connectivity index (χ1) is 12.9. The smallest absolute Gasteiger partial charge is 0.328 e. The second-order valence-electron chi connectivity index (χ2n) is 6.10. The number of aromatic nitrogens is 1. The highest BCUT2D eigenvalue weighted by molar-refractivity contribution is 9.10. The molecule has 0 aliphatic rings. The molecular formula is C20H19BrN2O3S. The number of carbonyl (C=O) groups is 2. The van der Waals surface area contributed by atoms with Crippen molar-refractivity contribution in [2.75, 3.05) is 7.11 Å². The fraction of sp³-hybridized carbons (Fsp3) is 0.250. The molecule has 0 aliphatic heterocycles. The molecule has 0 N–H and O–H groups in total. The summed E-state index contributed by atoms with van der Waals surface area (Å²) in [5, 5.41) is 0. The van der Waals surface area contributed by atoms with E-state index in [1.54, 1.807) is 16.7 Å². The van der Waals surface area contributed by atoms with Crippen molar-refractivity contribution in [1.29, 1.82) is 0 Å². The maximum Gasteiger partial charge on any atom is 0.328 e. The van der Waals surface area contributed by atoms with Gasteiger partial charge < -0.3 is 9.30 Å². The lowest BCUT2D eigenvalue weighted by Gasteiger charge is -2.15. The van der Waals surface area contributed by atoms with Gasteiger partial charge in [0.05, 0.1) is 17.3 Å². The number of nitrogens with zero attached hydrogens (tertiary/aromatic N) is 2. The number of esters is 1. The number of benzene rings is 2. The third-order valence-corrected chi connectivity index (χ3v) is 5.77. The van der Waals surface area contributed by atoms with E-state index in [-0.39, 0.29) is 11.9 Å². The second kappa shape index (κ2) is 8.19. The van der Waals surface area contributed by atoms with Crippen molar-refractivity contribution < 1.29 is 14.3 Å². The number of hydrogen-bond acceptors (Lipinski definition) is 4. The Morgan fingerprint density at radius 2 is 1.93 bits per heavy atom. The molecule has 0 fully saturated rings. The number of amides is 1. The van der Waals surface area contributed by atoms with Gasteiger partial charge >= 0.3 is 5.97 Å². The molecule has 0 bridgehead atoms. The van der Waals surface area contributed by atoms with Gasteiger partial charge in [0.25, 0.3) is 5.91 Å². The molecule has 27 heavy (non-hydrogen) atoms. The number of fused-ring (bicyclic) bond motifs is 1. The minimum Gasteiger partial charge on any atom is -0.467 e. The average molecular weight is 447 g/mol. The van der Waals surface area contributed by atoms with Crippen molar-refractivity contribution in [1.82, 2.24) is 4.57 Å². The third kappa shape index (κ3) is 4.04. The van der Waals surface area contributed by atoms with E-state index in [2.05, 4.69) is 20.9 Å². The van der Waals surface area contributed by atoms with Gasteiger partial charge in [0.1, 0.15) is 6.04 Å². The number of thiazole rings is 1. The molecule has 0 aliphatic carbocycles. The summed E-state index contributed by atoms with van der Waals surface area (Å²) in [6.07, 6.45) is 0.528. The van der Waals surface area contributed by atoms with E-state index in [1.807, 2.05) is 44.2 Å². The van der Waals surface area contributed by atoms with Crippen LogP contribution in [0.3, 0.4) is 0 Å². The first-order valence-corrected chi connectivity index (χ1v) is 10.1. The fourth-order valence-electron chi connectivity index (χ4n) is 2.84. The maximum atomic E-state index is 12.7. The largest absolute Gasteiger partial charge is 0.467 e. The highest BCUT2D eigenvalue weighted by Crippen LogP contribution is 2.26. The summed E-state index contributed by atoms with van der Waals surface area (Å²) in [5.74, 6) is -0.696. The minimum absolute atomic E-state index is 0.339. The number of ether oxygens (including phenoxy) is 1. The van der Waals surface area contributed by atoms with Gasteiger partial charge in [-0.25, -0.2) is 4.79 Å². The van der Waals surface area contributed by atoms with Crippen molar-refractivity contribution in [3.05, 3.63) is 62.9 Å². The van der Waals surface area contributed by atoms with Crippen LogP contribution in [0.1, 0.15) is 35.3 Å². The zero-order valence-corrected chi connectivity index (χ0v) is 17.6. The zero-order chi connectivity index (χ0) is 19.6. The van der Waals surface area contributed by atoms with E-state index in [9.17, 15) is 9.59 Å². The Kier molecular flexibility index (Phi) is 5.92. The summed E-state index contributed by atoms with van der Waals surface area (Å²) >= 11 is 4.84. The Morgan fingerprint density at radius 3 is 2.56 bits per heavy atom. The molecule has 3 rings (SSSR count). The van der Waals surface area contributed by atoms with Crippen molar-refractivity contribution in [3.63, 3.8) is 0 Å². The molecule has 1 atom stereocenters. The predicted octanol–water partition coefficient (Wildman–Crippen LogP) is 4.64. The first kappa shape index (κ1) is 19.5. The van der Waals surface area contributed by atoms with Crippen LogP contribution in [0.4, 0.5) is 0 Å². The molecule has 7 heteroatoms. The quantitative estimate of drug-likeness (QED) is 0.548. The molecule has 0 saturated heterocycles. The van der Waals surface area contributed by atoms with Crippen LogP contribution in [0.25, 0.3) is 10.2 Å². The molecule has 0 saturated carbocycles. The lowest BCUT2D eigenvalue weighted by Crippen LogP contribution is -2.28. The topological polar surface area (TPSA) is 60.7 Å². The van der Waals surface area contributed by atoms with E-state index in [0.717, 1.165) is 20.3 Å². The molecule has 1 unspecified atom stereocenters. The first-order valence-electron chi connectivity index (χ1n) is 8.48. The average Bonchev–Trinajstić information content (AvgIpc) is 2.99. The van der Waals surface area contributed by atoms with Gasteiger partial charge in [-0.3, -0.25) is 4.79 Å². The van der Waals surface area contributed by atoms with E-state index >= 15 is 0 Å². The summed E-state index contributed by atoms with van der Waals surface area (Å²) in [6.45, 7) is 3.87. The Hall–Kier alpha value is -2.25. The molecule has 140 valence electrons. The molecule has 5 nitrogen and oxygen atoms in total. The maximum absolute atomic E-state index is 12.7. The van der Waals surface area contributed by atoms with Gasteiger partial charge in [0.2, 0.25) is 0 Å². The molecule has 3 aromatic rings. The van der Waals surface area contributed by atoms with E-state index in [0.29, 0.717) is 16.8 Å². The molecule has 0 radical (unpaired) electrons. The third-order valence-electron chi connectivity index (χ3n) is 4.26. The van der Waals surface area contributed by atoms with Crippen LogP contribution in [-0.4, -0.2) is 23.6 Å². The Labute approximate surface area is 169 Å². The van der Waals surface area contributed by atoms with Crippen molar-refractivity contribution in [2.24, 2.45) is 4.99 Å². The van der Waals surface area contributed by atoms with Crippen LogP contribution in [0, 0.1) is 6.92 Å². The Bertz CT molecular complexity index is 1070. The van der Waals surface area contributed by atoms with Gasteiger partial charge in [0.15, 0.2) is 4.80 Å². The summed E-state index contributed by atoms with van der Waals surface area (Å²) in [7, 11) is 1.37. The van der Waals surface area contributed by atoms with Gasteiger partial charge in [-0.1, -0.05) is 51.9 Å². The Morgan fingerprint density at radius 1 is 1.22 bits per heavy atom. The molecule has 2 aromatic carbocycles. The van der Waals surface area contributed by atoms with Crippen LogP contribution in [-0.2, 0) is 9.53 Å². The number of halogens is 1. The van der Waals surface area contributed by atoms with Gasteiger partial charge in [-0.05, 0) is 43.7 Å². The number of rotatable bonds is 4. The molecule has 1 amide bonds. The Balaban J connectivity index is 2.21. The van der Waals surface area contributed by atoms with Crippen molar-refractivity contribution in [2.45, 2.75) is 26.3 Å². The predicted molar refractivity (Wildman–Crippen MR) is 110 cm³/mol. The zero-order valence-electron chi connectivity index (χ0n) is 15.2. The van der Waals surface area contributed by atoms with Crippen LogP contribution in [0.15, 0.2) is 51.9 Å². The van der Waals surface area contributed by atoms with Crippen LogP contribution >= 0.6 is 27.3 Å². The highest BCUT2D eigenvalue weighted by atomic mass is 79.9. The van der Waals surface area contributed by atoms with Crippen LogP contribution < -0.4 is 4.80 Å². The molecular weight excluding hydrogens is 428 g/mol. The summed E-state index contributed by atoms with van der Waals surface area (Å²) < 4.78 is 8.62. The molecule has 0 spiro atoms. The summed E-state index contributed by atoms with van der Waals surface area (Å²) in [4.78, 5) is 29.8. The van der Waals surface area contributed by atoms with E-state index < -0.39 is 6.04 Å². The fourth-order valence-corrected chi connectivity index (χ4v) is 4.45. The lowest BCUT2D eigenvalue weighted by molar-refractivity contribution is -0.144. The normalized spacial score (nSPS) is 13.0. The summed E-state index contributed by atoms with van der Waals surface area (Å²) in [5.41, 5.74) is 2.43.